The first-order chi connectivity index (χ1) is 10.3. The lowest BCUT2D eigenvalue weighted by Gasteiger charge is -2.35. The number of aryl methyl sites for hydroxylation is 1. The van der Waals surface area contributed by atoms with Crippen LogP contribution >= 0.6 is 11.8 Å². The maximum Gasteiger partial charge on any atom is 0.414 e. The molecule has 0 N–H and O–H groups in total. The van der Waals surface area contributed by atoms with Gasteiger partial charge in [0.1, 0.15) is 6.07 Å². The third-order valence-corrected chi connectivity index (χ3v) is 3.86. The van der Waals surface area contributed by atoms with E-state index in [9.17, 15) is 10.1 Å². The molecular weight excluding hydrogens is 296 g/mol. The summed E-state index contributed by atoms with van der Waals surface area (Å²) in [5, 5.41) is 10.2. The maximum absolute atomic E-state index is 12.2. The Labute approximate surface area is 136 Å². The van der Waals surface area contributed by atoms with Crippen molar-refractivity contribution in [3.8, 4) is 6.07 Å². The average molecular weight is 318 g/mol. The van der Waals surface area contributed by atoms with Gasteiger partial charge in [-0.1, -0.05) is 29.8 Å². The van der Waals surface area contributed by atoms with Gasteiger partial charge in [0.05, 0.1) is 17.7 Å². The van der Waals surface area contributed by atoms with Crippen LogP contribution in [0.1, 0.15) is 31.9 Å². The molecule has 0 atom stereocenters. The molecule has 0 heterocycles. The average Bonchev–Trinajstić information content (AvgIpc) is 2.46. The minimum Gasteiger partial charge on any atom is -0.452 e. The number of benzene rings is 1. The summed E-state index contributed by atoms with van der Waals surface area (Å²) in [6.45, 7) is 7.71. The van der Waals surface area contributed by atoms with Gasteiger partial charge in [-0.15, -0.1) is 11.8 Å². The van der Waals surface area contributed by atoms with Crippen molar-refractivity contribution in [2.75, 3.05) is 13.4 Å². The van der Waals surface area contributed by atoms with E-state index in [4.69, 9.17) is 4.74 Å². The van der Waals surface area contributed by atoms with E-state index in [1.54, 1.807) is 0 Å². The fourth-order valence-electron chi connectivity index (χ4n) is 2.01. The zero-order chi connectivity index (χ0) is 16.9. The van der Waals surface area contributed by atoms with Gasteiger partial charge in [-0.25, -0.2) is 4.79 Å². The molecular formula is C17H22N2O2S. The van der Waals surface area contributed by atoms with Crippen LogP contribution in [0.2, 0.25) is 0 Å². The van der Waals surface area contributed by atoms with Gasteiger partial charge in [-0.2, -0.15) is 5.26 Å². The van der Waals surface area contributed by atoms with E-state index in [-0.39, 0.29) is 0 Å². The van der Waals surface area contributed by atoms with Crippen LogP contribution in [0.3, 0.4) is 0 Å². The highest BCUT2D eigenvalue weighted by Gasteiger charge is 2.32. The number of ether oxygens (including phenoxy) is 1. The quantitative estimate of drug-likeness (QED) is 0.774. The predicted octanol–water partition coefficient (Wildman–Crippen LogP) is 4.42. The van der Waals surface area contributed by atoms with Gasteiger partial charge in [0, 0.05) is 5.54 Å². The number of hydrogen-bond acceptors (Lipinski definition) is 4. The van der Waals surface area contributed by atoms with Gasteiger partial charge in [0.25, 0.3) is 0 Å². The Morgan fingerprint density at radius 1 is 1.27 bits per heavy atom. The van der Waals surface area contributed by atoms with Crippen LogP contribution < -0.4 is 0 Å². The first-order valence-corrected chi connectivity index (χ1v) is 8.12. The van der Waals surface area contributed by atoms with Crippen LogP contribution in [0, 0.1) is 18.3 Å². The highest BCUT2D eigenvalue weighted by molar-refractivity contribution is 8.02. The number of allylic oxidation sites excluding steroid dienone is 1. The molecule has 22 heavy (non-hydrogen) atoms. The maximum atomic E-state index is 12.2. The van der Waals surface area contributed by atoms with Crippen molar-refractivity contribution >= 4 is 23.4 Å². The van der Waals surface area contributed by atoms with Gasteiger partial charge in [-0.3, -0.25) is 4.90 Å². The van der Waals surface area contributed by atoms with Crippen LogP contribution in [0.25, 0.3) is 5.57 Å². The number of carbonyl (C=O) groups is 1. The molecule has 0 radical (unpaired) electrons. The molecule has 0 spiro atoms. The highest BCUT2D eigenvalue weighted by Crippen LogP contribution is 2.33. The molecule has 0 unspecified atom stereocenters. The summed E-state index contributed by atoms with van der Waals surface area (Å²) in [7, 11) is 1.34. The minimum absolute atomic E-state index is 0.466. The SMILES string of the molecule is COC(=O)N(/C(SC)=C(\C#N)c1ccc(C)cc1)C(C)(C)C. The second kappa shape index (κ2) is 7.37. The third-order valence-electron chi connectivity index (χ3n) is 3.09. The molecule has 118 valence electrons. The van der Waals surface area contributed by atoms with Crippen LogP contribution in [0.4, 0.5) is 4.79 Å². The summed E-state index contributed by atoms with van der Waals surface area (Å²) in [6.07, 6.45) is 1.37. The van der Waals surface area contributed by atoms with E-state index in [0.717, 1.165) is 11.1 Å². The standard InChI is InChI=1S/C17H22N2O2S/c1-12-7-9-13(10-8-12)14(11-18)15(22-6)19(16(20)21-5)17(2,3)4/h7-10H,1-6H3/b15-14-. The summed E-state index contributed by atoms with van der Waals surface area (Å²) in [6, 6.07) is 9.91. The highest BCUT2D eigenvalue weighted by atomic mass is 32.2. The molecule has 0 aliphatic rings. The fourth-order valence-corrected chi connectivity index (χ4v) is 2.91. The second-order valence-corrected chi connectivity index (χ2v) is 6.63. The van der Waals surface area contributed by atoms with Crippen molar-refractivity contribution in [3.05, 3.63) is 40.4 Å². The largest absolute Gasteiger partial charge is 0.452 e. The van der Waals surface area contributed by atoms with Gasteiger partial charge in [-0.05, 0) is 39.5 Å². The molecule has 0 aliphatic carbocycles. The number of nitriles is 1. The van der Waals surface area contributed by atoms with Crippen LogP contribution in [0.5, 0.6) is 0 Å². The lowest BCUT2D eigenvalue weighted by atomic mass is 10.0. The summed E-state index contributed by atoms with van der Waals surface area (Å²) < 4.78 is 4.90. The molecule has 0 bridgehead atoms. The lowest BCUT2D eigenvalue weighted by molar-refractivity contribution is 0.108. The third kappa shape index (κ3) is 4.05. The van der Waals surface area contributed by atoms with Crippen molar-refractivity contribution < 1.29 is 9.53 Å². The van der Waals surface area contributed by atoms with Crippen molar-refractivity contribution in [1.82, 2.24) is 4.90 Å². The number of amides is 1. The molecule has 4 nitrogen and oxygen atoms in total. The van der Waals surface area contributed by atoms with Gasteiger partial charge < -0.3 is 4.74 Å². The van der Waals surface area contributed by atoms with E-state index in [1.165, 1.54) is 23.8 Å². The van der Waals surface area contributed by atoms with Crippen molar-refractivity contribution in [2.45, 2.75) is 33.2 Å². The van der Waals surface area contributed by atoms with Crippen molar-refractivity contribution in [1.29, 1.82) is 5.26 Å². The number of thioether (sulfide) groups is 1. The molecule has 1 amide bonds. The Balaban J connectivity index is 3.54. The van der Waals surface area contributed by atoms with Crippen molar-refractivity contribution in [3.63, 3.8) is 0 Å². The Morgan fingerprint density at radius 3 is 2.18 bits per heavy atom. The van der Waals surface area contributed by atoms with Crippen LogP contribution in [-0.4, -0.2) is 29.9 Å². The molecule has 1 rings (SSSR count). The van der Waals surface area contributed by atoms with E-state index in [2.05, 4.69) is 6.07 Å². The summed E-state index contributed by atoms with van der Waals surface area (Å²) in [4.78, 5) is 13.7. The van der Waals surface area contributed by atoms with E-state index in [0.29, 0.717) is 10.6 Å². The normalized spacial score (nSPS) is 12.2. The molecule has 0 saturated carbocycles. The number of rotatable bonds is 3. The lowest BCUT2D eigenvalue weighted by Crippen LogP contribution is -2.44. The zero-order valence-electron chi connectivity index (χ0n) is 13.9. The number of methoxy groups -OCH3 is 1. The minimum atomic E-state index is -0.502. The Hall–Kier alpha value is -1.93. The summed E-state index contributed by atoms with van der Waals surface area (Å²) in [5.74, 6) is 0. The molecule has 0 fully saturated rings. The molecule has 5 heteroatoms. The van der Waals surface area contributed by atoms with Gasteiger partial charge in [0.15, 0.2) is 0 Å². The second-order valence-electron chi connectivity index (χ2n) is 5.84. The summed E-state index contributed by atoms with van der Waals surface area (Å²) >= 11 is 1.36. The Morgan fingerprint density at radius 2 is 1.82 bits per heavy atom. The number of hydrogen-bond donors (Lipinski definition) is 0. The molecule has 1 aromatic rings. The molecule has 0 aromatic heterocycles. The Bertz CT molecular complexity index is 607. The molecule has 1 aromatic carbocycles. The van der Waals surface area contributed by atoms with Gasteiger partial charge in [0.2, 0.25) is 0 Å². The predicted molar refractivity (Wildman–Crippen MR) is 91.2 cm³/mol. The molecule has 0 saturated heterocycles. The smallest absolute Gasteiger partial charge is 0.414 e. The monoisotopic (exact) mass is 318 g/mol. The first kappa shape index (κ1) is 18.1. The topological polar surface area (TPSA) is 53.3 Å². The Kier molecular flexibility index (Phi) is 6.07. The van der Waals surface area contributed by atoms with E-state index >= 15 is 0 Å². The number of nitrogens with zero attached hydrogens (tertiary/aromatic N) is 2. The van der Waals surface area contributed by atoms with Crippen LogP contribution in [0.15, 0.2) is 29.3 Å². The molecule has 0 aliphatic heterocycles. The number of carbonyl (C=O) groups excluding carboxylic acids is 1. The van der Waals surface area contributed by atoms with Gasteiger partial charge >= 0.3 is 6.09 Å². The first-order valence-electron chi connectivity index (χ1n) is 6.89. The van der Waals surface area contributed by atoms with E-state index < -0.39 is 11.6 Å². The van der Waals surface area contributed by atoms with Crippen molar-refractivity contribution in [2.24, 2.45) is 0 Å². The fraction of sp³-hybridized carbons (Fsp3) is 0.412. The van der Waals surface area contributed by atoms with E-state index in [1.807, 2.05) is 58.2 Å². The van der Waals surface area contributed by atoms with Crippen LogP contribution in [-0.2, 0) is 4.74 Å². The zero-order valence-corrected chi connectivity index (χ0v) is 14.7. The summed E-state index contributed by atoms with van der Waals surface area (Å²) in [5.41, 5.74) is 1.87.